The lowest BCUT2D eigenvalue weighted by Crippen LogP contribution is -2.06. The van der Waals surface area contributed by atoms with E-state index in [4.69, 9.17) is 14.2 Å². The topological polar surface area (TPSA) is 47.9 Å². The summed E-state index contributed by atoms with van der Waals surface area (Å²) < 4.78 is 17.5. The molecular weight excluding hydrogens is 376 g/mol. The molecule has 4 heteroatoms. The molecule has 1 N–H and O–H groups in total. The van der Waals surface area contributed by atoms with Gasteiger partial charge in [0.1, 0.15) is 17.2 Å². The van der Waals surface area contributed by atoms with E-state index in [0.29, 0.717) is 26.2 Å². The number of benzene rings is 2. The number of fused-ring (bicyclic) bond motifs is 1. The zero-order valence-electron chi connectivity index (χ0n) is 17.6. The van der Waals surface area contributed by atoms with E-state index >= 15 is 0 Å². The average Bonchev–Trinajstić information content (AvgIpc) is 3.16. The van der Waals surface area contributed by atoms with Gasteiger partial charge in [0.2, 0.25) is 0 Å². The molecule has 4 nitrogen and oxygen atoms in total. The van der Waals surface area contributed by atoms with Crippen molar-refractivity contribution < 1.29 is 19.3 Å². The molecule has 30 heavy (non-hydrogen) atoms. The Morgan fingerprint density at radius 3 is 2.40 bits per heavy atom. The molecule has 2 aliphatic rings. The van der Waals surface area contributed by atoms with Crippen molar-refractivity contribution in [2.45, 2.75) is 56.8 Å². The smallest absolute Gasteiger partial charge is 0.126 e. The van der Waals surface area contributed by atoms with E-state index in [9.17, 15) is 5.11 Å². The Hall–Kier alpha value is -2.62. The zero-order valence-corrected chi connectivity index (χ0v) is 17.6. The summed E-state index contributed by atoms with van der Waals surface area (Å²) in [6.07, 6.45) is 8.10. The van der Waals surface area contributed by atoms with Crippen molar-refractivity contribution in [1.82, 2.24) is 0 Å². The second kappa shape index (κ2) is 9.92. The number of aliphatic hydroxyl groups is 1. The lowest BCUT2D eigenvalue weighted by molar-refractivity contribution is 0.246. The highest BCUT2D eigenvalue weighted by molar-refractivity contribution is 5.45. The van der Waals surface area contributed by atoms with Crippen LogP contribution in [0.15, 0.2) is 54.8 Å². The Morgan fingerprint density at radius 2 is 1.67 bits per heavy atom. The van der Waals surface area contributed by atoms with E-state index in [-0.39, 0.29) is 11.7 Å². The normalized spacial score (nSPS) is 18.5. The molecule has 0 aromatic heterocycles. The van der Waals surface area contributed by atoms with Crippen molar-refractivity contribution in [3.63, 3.8) is 0 Å². The first-order chi connectivity index (χ1) is 14.7. The molecule has 1 heterocycles. The third kappa shape index (κ3) is 5.29. The molecule has 0 saturated heterocycles. The third-order valence-corrected chi connectivity index (χ3v) is 6.13. The molecule has 0 spiro atoms. The minimum absolute atomic E-state index is 0.171. The van der Waals surface area contributed by atoms with E-state index in [2.05, 4.69) is 30.8 Å². The van der Waals surface area contributed by atoms with E-state index in [1.807, 2.05) is 18.2 Å². The highest BCUT2D eigenvalue weighted by Gasteiger charge is 2.25. The molecule has 0 radical (unpaired) electrons. The van der Waals surface area contributed by atoms with E-state index in [1.54, 1.807) is 0 Å². The van der Waals surface area contributed by atoms with Crippen molar-refractivity contribution in [3.8, 4) is 17.2 Å². The molecule has 0 amide bonds. The minimum atomic E-state index is 0.171. The van der Waals surface area contributed by atoms with Gasteiger partial charge >= 0.3 is 0 Å². The van der Waals surface area contributed by atoms with Crippen molar-refractivity contribution in [2.75, 3.05) is 19.8 Å². The zero-order chi connectivity index (χ0) is 20.8. The van der Waals surface area contributed by atoms with Gasteiger partial charge in [-0.2, -0.15) is 0 Å². The largest absolute Gasteiger partial charge is 0.513 e. The van der Waals surface area contributed by atoms with Crippen LogP contribution in [0.25, 0.3) is 0 Å². The van der Waals surface area contributed by atoms with Crippen LogP contribution in [-0.4, -0.2) is 24.9 Å². The van der Waals surface area contributed by atoms with Crippen LogP contribution in [0.2, 0.25) is 0 Å². The number of rotatable bonds is 9. The molecule has 1 fully saturated rings. The number of hydrogen-bond donors (Lipinski definition) is 1. The fourth-order valence-corrected chi connectivity index (χ4v) is 4.51. The van der Waals surface area contributed by atoms with Crippen LogP contribution in [0.5, 0.6) is 17.2 Å². The van der Waals surface area contributed by atoms with E-state index < -0.39 is 0 Å². The summed E-state index contributed by atoms with van der Waals surface area (Å²) in [6.45, 7) is 5.38. The van der Waals surface area contributed by atoms with Crippen molar-refractivity contribution in [1.29, 1.82) is 0 Å². The van der Waals surface area contributed by atoms with Gasteiger partial charge in [-0.3, -0.25) is 0 Å². The summed E-state index contributed by atoms with van der Waals surface area (Å²) in [6, 6.07) is 14.6. The van der Waals surface area contributed by atoms with Gasteiger partial charge in [0, 0.05) is 30.4 Å². The minimum Gasteiger partial charge on any atom is -0.513 e. The molecule has 1 aliphatic carbocycles. The molecule has 4 rings (SSSR count). The van der Waals surface area contributed by atoms with Gasteiger partial charge < -0.3 is 19.3 Å². The Kier molecular flexibility index (Phi) is 6.83. The highest BCUT2D eigenvalue weighted by atomic mass is 16.5. The molecule has 1 atom stereocenters. The fourth-order valence-electron chi connectivity index (χ4n) is 4.51. The van der Waals surface area contributed by atoms with Crippen LogP contribution in [0.3, 0.4) is 0 Å². The molecule has 160 valence electrons. The van der Waals surface area contributed by atoms with Crippen LogP contribution in [0, 0.1) is 0 Å². The fraction of sp³-hybridized carbons (Fsp3) is 0.462. The van der Waals surface area contributed by atoms with Gasteiger partial charge in [0.05, 0.1) is 25.6 Å². The van der Waals surface area contributed by atoms with Crippen LogP contribution < -0.4 is 14.2 Å². The first kappa shape index (κ1) is 20.6. The Bertz CT molecular complexity index is 837. The second-order valence-corrected chi connectivity index (χ2v) is 8.43. The quantitative estimate of drug-likeness (QED) is 0.379. The lowest BCUT2D eigenvalue weighted by atomic mass is 9.84. The standard InChI is InChI=1S/C26H32O4/c1-19(27)16-22-18-30-26-17-24(12-13-25(22)26)29-15-5-14-28-23-10-8-21(9-11-23)20-6-3-2-4-7-20/h8-13,17,20,22,27H,1-7,14-16,18H2. The predicted molar refractivity (Wildman–Crippen MR) is 119 cm³/mol. The van der Waals surface area contributed by atoms with Gasteiger partial charge in [-0.05, 0) is 42.5 Å². The predicted octanol–water partition coefficient (Wildman–Crippen LogP) is 6.52. The van der Waals surface area contributed by atoms with Gasteiger partial charge in [-0.25, -0.2) is 0 Å². The Balaban J connectivity index is 1.18. The molecule has 0 bridgehead atoms. The van der Waals surface area contributed by atoms with Gasteiger partial charge in [-0.1, -0.05) is 44.0 Å². The van der Waals surface area contributed by atoms with Crippen LogP contribution in [0.4, 0.5) is 0 Å². The molecule has 2 aromatic rings. The lowest BCUT2D eigenvalue weighted by Gasteiger charge is -2.22. The Morgan fingerprint density at radius 1 is 0.967 bits per heavy atom. The first-order valence-corrected chi connectivity index (χ1v) is 11.2. The van der Waals surface area contributed by atoms with Crippen LogP contribution >= 0.6 is 0 Å². The number of hydrogen-bond acceptors (Lipinski definition) is 4. The number of ether oxygens (including phenoxy) is 3. The molecule has 2 aromatic carbocycles. The van der Waals surface area contributed by atoms with Crippen LogP contribution in [0.1, 0.15) is 67.9 Å². The van der Waals surface area contributed by atoms with Crippen LogP contribution in [-0.2, 0) is 0 Å². The summed E-state index contributed by atoms with van der Waals surface area (Å²) in [5, 5.41) is 9.43. The van der Waals surface area contributed by atoms with Gasteiger partial charge in [-0.15, -0.1) is 0 Å². The maximum Gasteiger partial charge on any atom is 0.126 e. The first-order valence-electron chi connectivity index (χ1n) is 11.2. The SMILES string of the molecule is C=C(O)CC1COc2cc(OCCCOc3ccc(C4CCCCC4)cc3)ccc21. The monoisotopic (exact) mass is 408 g/mol. The van der Waals surface area contributed by atoms with Crippen molar-refractivity contribution in [2.24, 2.45) is 0 Å². The maximum absolute atomic E-state index is 9.43. The molecule has 1 aliphatic heterocycles. The van der Waals surface area contributed by atoms with Crippen molar-refractivity contribution >= 4 is 0 Å². The second-order valence-electron chi connectivity index (χ2n) is 8.43. The highest BCUT2D eigenvalue weighted by Crippen LogP contribution is 2.39. The van der Waals surface area contributed by atoms with E-state index in [0.717, 1.165) is 35.2 Å². The summed E-state index contributed by atoms with van der Waals surface area (Å²) in [5.41, 5.74) is 2.56. The van der Waals surface area contributed by atoms with Crippen molar-refractivity contribution in [3.05, 3.63) is 65.9 Å². The number of aliphatic hydroxyl groups excluding tert-OH is 1. The summed E-state index contributed by atoms with van der Waals surface area (Å²) in [5.74, 6) is 3.67. The van der Waals surface area contributed by atoms with Gasteiger partial charge in [0.15, 0.2) is 0 Å². The molecular formula is C26H32O4. The molecule has 1 saturated carbocycles. The molecule has 1 unspecified atom stereocenters. The summed E-state index contributed by atoms with van der Waals surface area (Å²) >= 11 is 0. The van der Waals surface area contributed by atoms with Gasteiger partial charge in [0.25, 0.3) is 0 Å². The summed E-state index contributed by atoms with van der Waals surface area (Å²) in [4.78, 5) is 0. The maximum atomic E-state index is 9.43. The third-order valence-electron chi connectivity index (χ3n) is 6.13. The summed E-state index contributed by atoms with van der Waals surface area (Å²) in [7, 11) is 0. The number of allylic oxidation sites excluding steroid dienone is 1. The van der Waals surface area contributed by atoms with E-state index in [1.165, 1.54) is 37.7 Å². The average molecular weight is 409 g/mol. The Labute approximate surface area is 179 Å².